The quantitative estimate of drug-likeness (QED) is 0.906. The maximum Gasteiger partial charge on any atom is 0.144 e. The molecule has 3 N–H and O–H groups in total. The van der Waals surface area contributed by atoms with Gasteiger partial charge in [-0.15, -0.1) is 0 Å². The van der Waals surface area contributed by atoms with Crippen molar-refractivity contribution in [2.45, 2.75) is 6.92 Å². The highest BCUT2D eigenvalue weighted by Crippen LogP contribution is 2.30. The Hall–Kier alpha value is -1.75. The van der Waals surface area contributed by atoms with E-state index in [2.05, 4.69) is 26.2 Å². The number of halogens is 1. The van der Waals surface area contributed by atoms with Gasteiger partial charge in [0.2, 0.25) is 0 Å². The van der Waals surface area contributed by atoms with Crippen molar-refractivity contribution in [1.82, 2.24) is 4.98 Å². The van der Waals surface area contributed by atoms with Gasteiger partial charge in [0.25, 0.3) is 0 Å². The Labute approximate surface area is 114 Å². The molecule has 0 aliphatic heterocycles. The van der Waals surface area contributed by atoms with Gasteiger partial charge < -0.3 is 15.8 Å². The van der Waals surface area contributed by atoms with Crippen molar-refractivity contribution in [3.8, 4) is 5.75 Å². The summed E-state index contributed by atoms with van der Waals surface area (Å²) >= 11 is 3.42. The zero-order valence-electron chi connectivity index (χ0n) is 9.98. The number of para-hydroxylation sites is 2. The van der Waals surface area contributed by atoms with Gasteiger partial charge in [-0.25, -0.2) is 4.98 Å². The number of nitrogen functional groups attached to an aromatic ring is 1. The number of ether oxygens (including phenoxy) is 1. The second kappa shape index (κ2) is 5.73. The highest BCUT2D eigenvalue weighted by Gasteiger charge is 2.06. The zero-order valence-corrected chi connectivity index (χ0v) is 11.6. The van der Waals surface area contributed by atoms with Crippen molar-refractivity contribution in [2.75, 3.05) is 17.7 Å². The number of nitrogens with two attached hydrogens (primary N) is 1. The molecule has 5 heteroatoms. The van der Waals surface area contributed by atoms with E-state index < -0.39 is 0 Å². The van der Waals surface area contributed by atoms with Crippen molar-refractivity contribution in [3.05, 3.63) is 41.0 Å². The summed E-state index contributed by atoms with van der Waals surface area (Å²) in [6.07, 6.45) is 1.61. The fourth-order valence-electron chi connectivity index (χ4n) is 1.52. The average Bonchev–Trinajstić information content (AvgIpc) is 2.35. The maximum absolute atomic E-state index is 5.65. The highest BCUT2D eigenvalue weighted by atomic mass is 79.9. The SMILES string of the molecule is CCOc1ccccc1Nc1ncc(N)cc1Br. The number of benzene rings is 1. The molecule has 0 fully saturated rings. The number of anilines is 3. The summed E-state index contributed by atoms with van der Waals surface area (Å²) in [4.78, 5) is 4.24. The first-order valence-electron chi connectivity index (χ1n) is 5.60. The number of rotatable bonds is 4. The second-order valence-electron chi connectivity index (χ2n) is 3.65. The van der Waals surface area contributed by atoms with E-state index in [1.54, 1.807) is 12.3 Å². The lowest BCUT2D eigenvalue weighted by molar-refractivity contribution is 0.342. The van der Waals surface area contributed by atoms with Crippen molar-refractivity contribution >= 4 is 33.1 Å². The molecule has 0 atom stereocenters. The maximum atomic E-state index is 5.65. The Morgan fingerprint density at radius 2 is 2.17 bits per heavy atom. The van der Waals surface area contributed by atoms with E-state index in [1.165, 1.54) is 0 Å². The Morgan fingerprint density at radius 3 is 2.89 bits per heavy atom. The Balaban J connectivity index is 2.28. The molecule has 0 saturated heterocycles. The molecule has 0 bridgehead atoms. The molecule has 0 unspecified atom stereocenters. The number of pyridine rings is 1. The van der Waals surface area contributed by atoms with Gasteiger partial charge in [-0.3, -0.25) is 0 Å². The third kappa shape index (κ3) is 2.92. The highest BCUT2D eigenvalue weighted by molar-refractivity contribution is 9.10. The van der Waals surface area contributed by atoms with Crippen molar-refractivity contribution in [3.63, 3.8) is 0 Å². The van der Waals surface area contributed by atoms with Crippen molar-refractivity contribution < 1.29 is 4.74 Å². The van der Waals surface area contributed by atoms with Gasteiger partial charge in [-0.1, -0.05) is 12.1 Å². The molecular weight excluding hydrogens is 294 g/mol. The van der Waals surface area contributed by atoms with Gasteiger partial charge >= 0.3 is 0 Å². The van der Waals surface area contributed by atoms with Gasteiger partial charge in [0.1, 0.15) is 11.6 Å². The fraction of sp³-hybridized carbons (Fsp3) is 0.154. The third-order valence-corrected chi connectivity index (χ3v) is 2.91. The minimum absolute atomic E-state index is 0.616. The first-order valence-corrected chi connectivity index (χ1v) is 6.40. The molecule has 0 aliphatic rings. The molecule has 1 heterocycles. The smallest absolute Gasteiger partial charge is 0.144 e. The Kier molecular flexibility index (Phi) is 4.04. The van der Waals surface area contributed by atoms with Crippen LogP contribution in [0.1, 0.15) is 6.92 Å². The molecule has 94 valence electrons. The molecule has 0 aliphatic carbocycles. The van der Waals surface area contributed by atoms with E-state index in [0.717, 1.165) is 15.9 Å². The van der Waals surface area contributed by atoms with Crippen LogP contribution >= 0.6 is 15.9 Å². The molecule has 0 radical (unpaired) electrons. The topological polar surface area (TPSA) is 60.2 Å². The van der Waals surface area contributed by atoms with Gasteiger partial charge in [-0.2, -0.15) is 0 Å². The Bertz CT molecular complexity index is 546. The van der Waals surface area contributed by atoms with Crippen LogP contribution in [-0.4, -0.2) is 11.6 Å². The summed E-state index contributed by atoms with van der Waals surface area (Å²) in [5, 5.41) is 3.21. The second-order valence-corrected chi connectivity index (χ2v) is 4.51. The van der Waals surface area contributed by atoms with E-state index in [4.69, 9.17) is 10.5 Å². The molecule has 0 saturated carbocycles. The summed E-state index contributed by atoms with van der Waals surface area (Å²) in [6, 6.07) is 9.53. The molecule has 0 amide bonds. The van der Waals surface area contributed by atoms with Gasteiger partial charge in [0.05, 0.1) is 28.7 Å². The van der Waals surface area contributed by atoms with E-state index in [0.29, 0.717) is 18.1 Å². The monoisotopic (exact) mass is 307 g/mol. The first-order chi connectivity index (χ1) is 8.70. The van der Waals surface area contributed by atoms with Crippen LogP contribution in [0.25, 0.3) is 0 Å². The number of aromatic nitrogens is 1. The molecule has 1 aromatic heterocycles. The van der Waals surface area contributed by atoms with Gasteiger partial charge in [0.15, 0.2) is 0 Å². The van der Waals surface area contributed by atoms with Crippen LogP contribution in [-0.2, 0) is 0 Å². The molecule has 2 aromatic rings. The minimum Gasteiger partial charge on any atom is -0.492 e. The summed E-state index contributed by atoms with van der Waals surface area (Å²) in [7, 11) is 0. The van der Waals surface area contributed by atoms with Crippen molar-refractivity contribution in [2.24, 2.45) is 0 Å². The lowest BCUT2D eigenvalue weighted by Crippen LogP contribution is -2.00. The molecule has 1 aromatic carbocycles. The standard InChI is InChI=1S/C13H14BrN3O/c1-2-18-12-6-4-3-5-11(12)17-13-10(14)7-9(15)8-16-13/h3-8H,2,15H2,1H3,(H,16,17). The van der Waals surface area contributed by atoms with E-state index in [1.807, 2.05) is 31.2 Å². The largest absolute Gasteiger partial charge is 0.492 e. The molecule has 0 spiro atoms. The van der Waals surface area contributed by atoms with Crippen LogP contribution < -0.4 is 15.8 Å². The van der Waals surface area contributed by atoms with Crippen LogP contribution in [0.2, 0.25) is 0 Å². The van der Waals surface area contributed by atoms with Crippen LogP contribution in [0.4, 0.5) is 17.2 Å². The van der Waals surface area contributed by atoms with Crippen LogP contribution in [0.5, 0.6) is 5.75 Å². The predicted molar refractivity (Wildman–Crippen MR) is 77.2 cm³/mol. The lowest BCUT2D eigenvalue weighted by Gasteiger charge is -2.12. The van der Waals surface area contributed by atoms with Crippen LogP contribution in [0.15, 0.2) is 41.0 Å². The number of nitrogens with one attached hydrogen (secondary N) is 1. The number of nitrogens with zero attached hydrogens (tertiary/aromatic N) is 1. The van der Waals surface area contributed by atoms with Crippen LogP contribution in [0.3, 0.4) is 0 Å². The van der Waals surface area contributed by atoms with E-state index in [-0.39, 0.29) is 0 Å². The average molecular weight is 308 g/mol. The number of hydrogen-bond acceptors (Lipinski definition) is 4. The Morgan fingerprint density at radius 1 is 1.39 bits per heavy atom. The zero-order chi connectivity index (χ0) is 13.0. The van der Waals surface area contributed by atoms with Crippen LogP contribution in [0, 0.1) is 0 Å². The van der Waals surface area contributed by atoms with E-state index in [9.17, 15) is 0 Å². The van der Waals surface area contributed by atoms with Gasteiger partial charge in [0, 0.05) is 0 Å². The molecule has 2 rings (SSSR count). The summed E-state index contributed by atoms with van der Waals surface area (Å²) < 4.78 is 6.36. The molecule has 4 nitrogen and oxygen atoms in total. The summed E-state index contributed by atoms with van der Waals surface area (Å²) in [6.45, 7) is 2.57. The number of hydrogen-bond donors (Lipinski definition) is 2. The summed E-state index contributed by atoms with van der Waals surface area (Å²) in [5.41, 5.74) is 7.14. The molecule has 18 heavy (non-hydrogen) atoms. The fourth-order valence-corrected chi connectivity index (χ4v) is 1.99. The third-order valence-electron chi connectivity index (χ3n) is 2.30. The lowest BCUT2D eigenvalue weighted by atomic mass is 10.3. The van der Waals surface area contributed by atoms with Crippen molar-refractivity contribution in [1.29, 1.82) is 0 Å². The molecular formula is C13H14BrN3O. The predicted octanol–water partition coefficient (Wildman–Crippen LogP) is 3.57. The van der Waals surface area contributed by atoms with Gasteiger partial charge in [-0.05, 0) is 41.1 Å². The minimum atomic E-state index is 0.616. The first kappa shape index (κ1) is 12.7. The van der Waals surface area contributed by atoms with E-state index >= 15 is 0 Å². The normalized spacial score (nSPS) is 10.1. The summed E-state index contributed by atoms with van der Waals surface area (Å²) in [5.74, 6) is 1.50.